The number of hydrogen-bond donors (Lipinski definition) is 2. The summed E-state index contributed by atoms with van der Waals surface area (Å²) in [5.74, 6) is 0.424. The molecule has 8 heteroatoms. The summed E-state index contributed by atoms with van der Waals surface area (Å²) in [6.45, 7) is 0.290. The first-order valence-corrected chi connectivity index (χ1v) is 12.6. The molecule has 1 fully saturated rings. The monoisotopic (exact) mass is 475 g/mol. The second-order valence-electron chi connectivity index (χ2n) is 8.62. The highest BCUT2D eigenvalue weighted by Crippen LogP contribution is 2.49. The molecule has 0 aromatic heterocycles. The van der Waals surface area contributed by atoms with E-state index in [1.54, 1.807) is 40.7 Å². The van der Waals surface area contributed by atoms with Crippen LogP contribution in [0.25, 0.3) is 11.1 Å². The molecule has 2 N–H and O–H groups in total. The predicted molar refractivity (Wildman–Crippen MR) is 129 cm³/mol. The van der Waals surface area contributed by atoms with Crippen LogP contribution in [-0.2, 0) is 10.0 Å². The van der Waals surface area contributed by atoms with Gasteiger partial charge >= 0.3 is 0 Å². The van der Waals surface area contributed by atoms with Crippen LogP contribution in [0.5, 0.6) is 5.75 Å². The molecular formula is C26H25N3O4S. The van der Waals surface area contributed by atoms with Gasteiger partial charge in [-0.3, -0.25) is 0 Å². The third kappa shape index (κ3) is 3.72. The number of aliphatic hydroxyl groups is 1. The Labute approximate surface area is 199 Å². The van der Waals surface area contributed by atoms with E-state index in [4.69, 9.17) is 10.00 Å². The summed E-state index contributed by atoms with van der Waals surface area (Å²) in [4.78, 5) is 0.191. The number of nitrogens with zero attached hydrogens (tertiary/aromatic N) is 2. The van der Waals surface area contributed by atoms with Crippen molar-refractivity contribution >= 4 is 15.7 Å². The van der Waals surface area contributed by atoms with Gasteiger partial charge in [-0.15, -0.1) is 0 Å². The van der Waals surface area contributed by atoms with Gasteiger partial charge < -0.3 is 15.2 Å². The van der Waals surface area contributed by atoms with Gasteiger partial charge in [-0.2, -0.15) is 9.57 Å². The second kappa shape index (κ2) is 8.76. The molecule has 7 nitrogen and oxygen atoms in total. The number of nitriles is 1. The van der Waals surface area contributed by atoms with Crippen molar-refractivity contribution < 1.29 is 18.3 Å². The van der Waals surface area contributed by atoms with Crippen LogP contribution in [0.2, 0.25) is 0 Å². The zero-order valence-electron chi connectivity index (χ0n) is 18.7. The van der Waals surface area contributed by atoms with Crippen molar-refractivity contribution in [3.05, 3.63) is 77.9 Å². The van der Waals surface area contributed by atoms with Crippen LogP contribution in [0.3, 0.4) is 0 Å². The first-order valence-electron chi connectivity index (χ1n) is 11.1. The molecule has 2 aliphatic rings. The highest BCUT2D eigenvalue weighted by atomic mass is 32.2. The van der Waals surface area contributed by atoms with Crippen molar-refractivity contribution in [1.29, 1.82) is 5.26 Å². The van der Waals surface area contributed by atoms with Crippen LogP contribution in [0, 0.1) is 17.2 Å². The number of benzene rings is 3. The van der Waals surface area contributed by atoms with Crippen molar-refractivity contribution in [2.75, 3.05) is 25.6 Å². The molecule has 0 unspecified atom stereocenters. The fourth-order valence-corrected chi connectivity index (χ4v) is 6.81. The summed E-state index contributed by atoms with van der Waals surface area (Å²) in [5, 5.41) is 22.5. The molecule has 0 bridgehead atoms. The standard InChI is InChI=1S/C26H25N3O4S/c1-33-20-3-2-4-21(14-20)34(31,32)29-12-11-22-25(16-30)28-24-10-9-19(13-23(24)26(22)29)18-7-5-17(15-27)6-8-18/h2-10,13-14,22,25-26,28,30H,11-12,16H2,1H3/t22-,25-,26-/m0/s1. The Hall–Kier alpha value is -3.38. The molecule has 0 amide bonds. The lowest BCUT2D eigenvalue weighted by molar-refractivity contribution is 0.210. The van der Waals surface area contributed by atoms with E-state index in [9.17, 15) is 13.5 Å². The number of fused-ring (bicyclic) bond motifs is 3. The molecule has 0 spiro atoms. The Balaban J connectivity index is 1.59. The highest BCUT2D eigenvalue weighted by molar-refractivity contribution is 7.89. The predicted octanol–water partition coefficient (Wildman–Crippen LogP) is 3.77. The zero-order valence-corrected chi connectivity index (χ0v) is 19.5. The summed E-state index contributed by atoms with van der Waals surface area (Å²) in [6.07, 6.45) is 0.645. The fourth-order valence-electron chi connectivity index (χ4n) is 5.10. The van der Waals surface area contributed by atoms with Gasteiger partial charge in [0.2, 0.25) is 10.0 Å². The van der Waals surface area contributed by atoms with Crippen LogP contribution in [0.4, 0.5) is 5.69 Å². The summed E-state index contributed by atoms with van der Waals surface area (Å²) < 4.78 is 34.3. The van der Waals surface area contributed by atoms with Crippen molar-refractivity contribution in [2.45, 2.75) is 23.4 Å². The quantitative estimate of drug-likeness (QED) is 0.582. The SMILES string of the molecule is COc1cccc(S(=O)(=O)N2CC[C@H]3[C@H](CO)Nc4ccc(-c5ccc(C#N)cc5)cc4[C@H]32)c1. The van der Waals surface area contributed by atoms with Gasteiger partial charge in [-0.05, 0) is 59.5 Å². The molecule has 0 saturated carbocycles. The molecule has 3 aromatic rings. The van der Waals surface area contributed by atoms with Gasteiger partial charge in [0.1, 0.15) is 5.75 Å². The maximum atomic E-state index is 13.7. The summed E-state index contributed by atoms with van der Waals surface area (Å²) in [6, 6.07) is 21.3. The second-order valence-corrected chi connectivity index (χ2v) is 10.5. The Bertz CT molecular complexity index is 1370. The number of ether oxygens (including phenoxy) is 1. The zero-order chi connectivity index (χ0) is 23.9. The molecule has 34 heavy (non-hydrogen) atoms. The van der Waals surface area contributed by atoms with Gasteiger partial charge in [-0.25, -0.2) is 8.42 Å². The molecule has 174 valence electrons. The molecule has 0 radical (unpaired) electrons. The average Bonchev–Trinajstić information content (AvgIpc) is 3.34. The van der Waals surface area contributed by atoms with Gasteiger partial charge in [0, 0.05) is 24.2 Å². The first-order chi connectivity index (χ1) is 16.5. The van der Waals surface area contributed by atoms with E-state index in [-0.39, 0.29) is 23.5 Å². The fraction of sp³-hybridized carbons (Fsp3) is 0.269. The smallest absolute Gasteiger partial charge is 0.243 e. The van der Waals surface area contributed by atoms with E-state index >= 15 is 0 Å². The number of nitrogens with one attached hydrogen (secondary N) is 1. The number of hydrogen-bond acceptors (Lipinski definition) is 6. The van der Waals surface area contributed by atoms with Crippen LogP contribution in [0.1, 0.15) is 23.6 Å². The normalized spacial score (nSPS) is 21.7. The number of sulfonamides is 1. The third-order valence-corrected chi connectivity index (χ3v) is 8.70. The topological polar surface area (TPSA) is 103 Å². The minimum absolute atomic E-state index is 0.0610. The van der Waals surface area contributed by atoms with Crippen LogP contribution in [-0.4, -0.2) is 44.1 Å². The lowest BCUT2D eigenvalue weighted by Gasteiger charge is -2.39. The summed E-state index contributed by atoms with van der Waals surface area (Å²) >= 11 is 0. The Morgan fingerprint density at radius 3 is 2.59 bits per heavy atom. The molecular weight excluding hydrogens is 450 g/mol. The molecule has 0 aliphatic carbocycles. The molecule has 2 heterocycles. The van der Waals surface area contributed by atoms with Crippen molar-refractivity contribution in [3.63, 3.8) is 0 Å². The minimum atomic E-state index is -3.79. The van der Waals surface area contributed by atoms with E-state index in [2.05, 4.69) is 11.4 Å². The summed E-state index contributed by atoms with van der Waals surface area (Å²) in [5.41, 5.74) is 4.19. The number of methoxy groups -OCH3 is 1. The Morgan fingerprint density at radius 1 is 1.12 bits per heavy atom. The van der Waals surface area contributed by atoms with Crippen LogP contribution >= 0.6 is 0 Å². The molecule has 3 atom stereocenters. The minimum Gasteiger partial charge on any atom is -0.497 e. The van der Waals surface area contributed by atoms with Crippen molar-refractivity contribution in [1.82, 2.24) is 4.31 Å². The Morgan fingerprint density at radius 2 is 1.88 bits per heavy atom. The van der Waals surface area contributed by atoms with Crippen molar-refractivity contribution in [3.8, 4) is 22.9 Å². The molecule has 1 saturated heterocycles. The molecule has 3 aromatic carbocycles. The molecule has 2 aliphatic heterocycles. The Kier molecular flexibility index (Phi) is 5.78. The molecule has 5 rings (SSSR count). The lowest BCUT2D eigenvalue weighted by Crippen LogP contribution is -2.42. The van der Waals surface area contributed by atoms with Gasteiger partial charge in [0.25, 0.3) is 0 Å². The van der Waals surface area contributed by atoms with Crippen LogP contribution < -0.4 is 10.1 Å². The van der Waals surface area contributed by atoms with Crippen LogP contribution in [0.15, 0.2) is 71.6 Å². The lowest BCUT2D eigenvalue weighted by atomic mass is 9.82. The van der Waals surface area contributed by atoms with Gasteiger partial charge in [-0.1, -0.05) is 24.3 Å². The summed E-state index contributed by atoms with van der Waals surface area (Å²) in [7, 11) is -2.28. The maximum absolute atomic E-state index is 13.7. The van der Waals surface area contributed by atoms with E-state index in [0.717, 1.165) is 22.4 Å². The van der Waals surface area contributed by atoms with E-state index in [0.29, 0.717) is 24.3 Å². The van der Waals surface area contributed by atoms with E-state index < -0.39 is 16.1 Å². The number of aliphatic hydroxyl groups excluding tert-OH is 1. The van der Waals surface area contributed by atoms with Crippen molar-refractivity contribution in [2.24, 2.45) is 5.92 Å². The number of anilines is 1. The van der Waals surface area contributed by atoms with Gasteiger partial charge in [0.15, 0.2) is 0 Å². The average molecular weight is 476 g/mol. The van der Waals surface area contributed by atoms with Gasteiger partial charge in [0.05, 0.1) is 42.3 Å². The van der Waals surface area contributed by atoms with E-state index in [1.165, 1.54) is 7.11 Å². The van der Waals surface area contributed by atoms with E-state index in [1.807, 2.05) is 30.3 Å². The highest BCUT2D eigenvalue weighted by Gasteiger charge is 2.48. The third-order valence-electron chi connectivity index (χ3n) is 6.82. The largest absolute Gasteiger partial charge is 0.497 e. The maximum Gasteiger partial charge on any atom is 0.243 e. The first kappa shape index (κ1) is 22.4. The number of rotatable bonds is 5.